The molecule has 2 aromatic carbocycles. The Bertz CT molecular complexity index is 1300. The molecular weight excluding hydrogens is 433 g/mol. The average molecular weight is 445 g/mol. The normalized spacial score (nSPS) is 11.3. The number of nitrogens with zero attached hydrogens (tertiary/aromatic N) is 4. The molecule has 0 aliphatic rings. The Balaban J connectivity index is 1.49. The molecule has 4 aromatic rings. The molecule has 0 saturated carbocycles. The topological polar surface area (TPSA) is 72.4 Å². The molecule has 10 heteroatoms. The molecule has 0 radical (unpaired) electrons. The maximum Gasteiger partial charge on any atom is 0.417 e. The molecule has 0 amide bonds. The van der Waals surface area contributed by atoms with E-state index in [1.54, 1.807) is 41.2 Å². The minimum atomic E-state index is -4.56. The third kappa shape index (κ3) is 4.54. The molecule has 0 unspecified atom stereocenters. The van der Waals surface area contributed by atoms with Gasteiger partial charge in [0.15, 0.2) is 0 Å². The Labute approximate surface area is 179 Å². The average Bonchev–Trinajstić information content (AvgIpc) is 3.20. The van der Waals surface area contributed by atoms with Crippen molar-refractivity contribution in [1.82, 2.24) is 14.4 Å². The van der Waals surface area contributed by atoms with Gasteiger partial charge in [-0.1, -0.05) is 17.7 Å². The lowest BCUT2D eigenvalue weighted by molar-refractivity contribution is -0.137. The van der Waals surface area contributed by atoms with Crippen LogP contribution in [0.1, 0.15) is 16.7 Å². The molecule has 0 N–H and O–H groups in total. The van der Waals surface area contributed by atoms with Crippen LogP contribution in [0.4, 0.5) is 13.2 Å². The highest BCUT2D eigenvalue weighted by Crippen LogP contribution is 2.37. The van der Waals surface area contributed by atoms with E-state index in [-0.39, 0.29) is 23.7 Å². The van der Waals surface area contributed by atoms with Crippen LogP contribution in [-0.4, -0.2) is 14.4 Å². The maximum absolute atomic E-state index is 12.8. The lowest BCUT2D eigenvalue weighted by Crippen LogP contribution is -2.05. The lowest BCUT2D eigenvalue weighted by atomic mass is 10.1. The highest BCUT2D eigenvalue weighted by molar-refractivity contribution is 6.31. The number of nitriles is 1. The Kier molecular flexibility index (Phi) is 5.40. The fourth-order valence-corrected chi connectivity index (χ4v) is 3.06. The van der Waals surface area contributed by atoms with Crippen molar-refractivity contribution in [3.05, 3.63) is 82.8 Å². The van der Waals surface area contributed by atoms with Crippen molar-refractivity contribution in [2.24, 2.45) is 0 Å². The van der Waals surface area contributed by atoms with Crippen LogP contribution in [0.2, 0.25) is 5.02 Å². The fraction of sp³-hybridized carbons (Fsp3) is 0.0952. The zero-order valence-electron chi connectivity index (χ0n) is 15.6. The minimum Gasteiger partial charge on any atom is -0.473 e. The van der Waals surface area contributed by atoms with Crippen LogP contribution >= 0.6 is 11.6 Å². The van der Waals surface area contributed by atoms with Gasteiger partial charge in [-0.05, 0) is 29.8 Å². The maximum atomic E-state index is 12.8. The summed E-state index contributed by atoms with van der Waals surface area (Å²) in [6, 6.07) is 11.5. The summed E-state index contributed by atoms with van der Waals surface area (Å²) in [7, 11) is 0. The highest BCUT2D eigenvalue weighted by Gasteiger charge is 2.33. The van der Waals surface area contributed by atoms with E-state index in [2.05, 4.69) is 9.97 Å². The van der Waals surface area contributed by atoms with E-state index >= 15 is 0 Å². The minimum absolute atomic E-state index is 0.0794. The fourth-order valence-electron chi connectivity index (χ4n) is 2.79. The van der Waals surface area contributed by atoms with E-state index in [9.17, 15) is 18.4 Å². The molecule has 0 aliphatic carbocycles. The third-order valence-corrected chi connectivity index (χ3v) is 4.57. The molecule has 2 aromatic heterocycles. The quantitative estimate of drug-likeness (QED) is 0.398. The van der Waals surface area contributed by atoms with Crippen LogP contribution in [0.15, 0.2) is 61.1 Å². The van der Waals surface area contributed by atoms with Crippen molar-refractivity contribution in [1.29, 1.82) is 5.26 Å². The summed E-state index contributed by atoms with van der Waals surface area (Å²) >= 11 is 5.71. The number of alkyl halides is 3. The summed E-state index contributed by atoms with van der Waals surface area (Å²) < 4.78 is 51.5. The molecule has 0 atom stereocenters. The van der Waals surface area contributed by atoms with Gasteiger partial charge in [0.05, 0.1) is 16.1 Å². The van der Waals surface area contributed by atoms with E-state index in [1.165, 1.54) is 6.07 Å². The Morgan fingerprint density at radius 1 is 1.10 bits per heavy atom. The largest absolute Gasteiger partial charge is 0.473 e. The third-order valence-electron chi connectivity index (χ3n) is 4.26. The number of imidazole rings is 1. The van der Waals surface area contributed by atoms with E-state index < -0.39 is 16.8 Å². The summed E-state index contributed by atoms with van der Waals surface area (Å²) in [4.78, 5) is 8.32. The number of fused-ring (bicyclic) bond motifs is 1. The van der Waals surface area contributed by atoms with E-state index in [4.69, 9.17) is 21.1 Å². The van der Waals surface area contributed by atoms with Crippen LogP contribution in [0.3, 0.4) is 0 Å². The van der Waals surface area contributed by atoms with Crippen LogP contribution in [0.25, 0.3) is 5.78 Å². The van der Waals surface area contributed by atoms with Crippen molar-refractivity contribution in [3.63, 3.8) is 0 Å². The van der Waals surface area contributed by atoms with E-state index in [1.807, 2.05) is 6.07 Å². The number of hydrogen-bond acceptors (Lipinski definition) is 5. The molecule has 4 rings (SSSR count). The van der Waals surface area contributed by atoms with Gasteiger partial charge in [-0.15, -0.1) is 0 Å². The van der Waals surface area contributed by atoms with Gasteiger partial charge in [0.2, 0.25) is 11.7 Å². The molecular formula is C21H12ClF3N4O2. The summed E-state index contributed by atoms with van der Waals surface area (Å²) in [6.07, 6.45) is 0.575. The van der Waals surface area contributed by atoms with Crippen molar-refractivity contribution in [2.75, 3.05) is 0 Å². The summed E-state index contributed by atoms with van der Waals surface area (Å²) in [5.41, 5.74) is -0.0928. The van der Waals surface area contributed by atoms with Gasteiger partial charge in [0, 0.05) is 30.7 Å². The SMILES string of the molecule is N#Cc1cc(COc2ccn3ccnc3n2)ccc1Oc1ccc(C(F)(F)F)c(Cl)c1. The molecule has 156 valence electrons. The second kappa shape index (κ2) is 8.16. The number of benzene rings is 2. The zero-order chi connectivity index (χ0) is 22.0. The first-order chi connectivity index (χ1) is 14.8. The van der Waals surface area contributed by atoms with Gasteiger partial charge in [-0.25, -0.2) is 4.98 Å². The van der Waals surface area contributed by atoms with Crippen LogP contribution in [0, 0.1) is 11.3 Å². The number of ether oxygens (including phenoxy) is 2. The molecule has 0 bridgehead atoms. The monoisotopic (exact) mass is 444 g/mol. The standard InChI is InChI=1S/C21H12ClF3N4O2/c22-17-10-15(2-3-16(17)21(23,24)25)31-18-4-1-13(9-14(18)11-26)12-30-19-5-7-29-8-6-27-20(29)28-19/h1-10H,12H2. The van der Waals surface area contributed by atoms with Gasteiger partial charge < -0.3 is 9.47 Å². The molecule has 2 heterocycles. The zero-order valence-corrected chi connectivity index (χ0v) is 16.4. The predicted molar refractivity (Wildman–Crippen MR) is 105 cm³/mol. The van der Waals surface area contributed by atoms with Crippen molar-refractivity contribution < 1.29 is 22.6 Å². The number of hydrogen-bond donors (Lipinski definition) is 0. The Morgan fingerprint density at radius 2 is 1.94 bits per heavy atom. The molecule has 0 saturated heterocycles. The lowest BCUT2D eigenvalue weighted by Gasteiger charge is -2.12. The first-order valence-electron chi connectivity index (χ1n) is 8.83. The predicted octanol–water partition coefficient (Wildman–Crippen LogP) is 5.64. The van der Waals surface area contributed by atoms with Gasteiger partial charge in [0.1, 0.15) is 24.2 Å². The second-order valence-electron chi connectivity index (χ2n) is 6.37. The second-order valence-corrected chi connectivity index (χ2v) is 6.78. The van der Waals surface area contributed by atoms with Gasteiger partial charge in [-0.3, -0.25) is 4.40 Å². The molecule has 0 spiro atoms. The highest BCUT2D eigenvalue weighted by atomic mass is 35.5. The van der Waals surface area contributed by atoms with Gasteiger partial charge in [-0.2, -0.15) is 23.4 Å². The number of aromatic nitrogens is 3. The van der Waals surface area contributed by atoms with Crippen LogP contribution in [-0.2, 0) is 12.8 Å². The smallest absolute Gasteiger partial charge is 0.417 e. The number of halogens is 4. The molecule has 6 nitrogen and oxygen atoms in total. The Morgan fingerprint density at radius 3 is 2.68 bits per heavy atom. The molecule has 0 fully saturated rings. The van der Waals surface area contributed by atoms with Gasteiger partial charge in [0.25, 0.3) is 0 Å². The summed E-state index contributed by atoms with van der Waals surface area (Å²) in [6.45, 7) is 0.144. The van der Waals surface area contributed by atoms with Gasteiger partial charge >= 0.3 is 6.18 Å². The summed E-state index contributed by atoms with van der Waals surface area (Å²) in [5, 5.41) is 8.95. The Hall–Kier alpha value is -3.77. The first kappa shape index (κ1) is 20.5. The number of rotatable bonds is 5. The van der Waals surface area contributed by atoms with Crippen LogP contribution in [0.5, 0.6) is 17.4 Å². The molecule has 31 heavy (non-hydrogen) atoms. The van der Waals surface area contributed by atoms with E-state index in [0.717, 1.165) is 18.2 Å². The summed E-state index contributed by atoms with van der Waals surface area (Å²) in [5.74, 6) is 1.13. The van der Waals surface area contributed by atoms with Crippen molar-refractivity contribution in [3.8, 4) is 23.4 Å². The molecule has 0 aliphatic heterocycles. The first-order valence-corrected chi connectivity index (χ1v) is 9.21. The van der Waals surface area contributed by atoms with Crippen LogP contribution < -0.4 is 9.47 Å². The van der Waals surface area contributed by atoms with E-state index in [0.29, 0.717) is 17.2 Å². The van der Waals surface area contributed by atoms with Crippen molar-refractivity contribution in [2.45, 2.75) is 12.8 Å². The van der Waals surface area contributed by atoms with Crippen molar-refractivity contribution >= 4 is 17.4 Å².